The molecular formula is C18H24N6O3. The van der Waals surface area contributed by atoms with Crippen LogP contribution in [0.1, 0.15) is 6.42 Å². The molecule has 1 aromatic heterocycles. The van der Waals surface area contributed by atoms with Crippen molar-refractivity contribution in [2.45, 2.75) is 19.0 Å². The number of hydrogen-bond acceptors (Lipinski definition) is 6. The number of aromatic nitrogens is 3. The first-order valence-electron chi connectivity index (χ1n) is 9.39. The Balaban J connectivity index is 1.42. The average molecular weight is 372 g/mol. The Bertz CT molecular complexity index is 816. The van der Waals surface area contributed by atoms with Gasteiger partial charge in [-0.25, -0.2) is 4.68 Å². The van der Waals surface area contributed by atoms with Crippen molar-refractivity contribution in [2.75, 3.05) is 45.9 Å². The zero-order valence-corrected chi connectivity index (χ0v) is 15.2. The van der Waals surface area contributed by atoms with Crippen LogP contribution in [0.5, 0.6) is 0 Å². The van der Waals surface area contributed by atoms with Gasteiger partial charge < -0.3 is 19.9 Å². The molecule has 0 unspecified atom stereocenters. The normalized spacial score (nSPS) is 20.8. The number of carbonyl (C=O) groups excluding carboxylic acids is 2. The van der Waals surface area contributed by atoms with Crippen molar-refractivity contribution in [3.05, 3.63) is 24.3 Å². The zero-order valence-electron chi connectivity index (χ0n) is 15.2. The minimum atomic E-state index is -0.447. The van der Waals surface area contributed by atoms with E-state index in [1.54, 1.807) is 14.5 Å². The summed E-state index contributed by atoms with van der Waals surface area (Å²) in [6.45, 7) is 4.46. The van der Waals surface area contributed by atoms with Gasteiger partial charge in [0.25, 0.3) is 0 Å². The first kappa shape index (κ1) is 17.9. The van der Waals surface area contributed by atoms with E-state index in [-0.39, 0.29) is 11.8 Å². The number of ether oxygens (including phenoxy) is 1. The monoisotopic (exact) mass is 372 g/mol. The number of amides is 2. The molecule has 4 rings (SSSR count). The summed E-state index contributed by atoms with van der Waals surface area (Å²) in [5.74, 6) is -0.0206. The molecule has 2 saturated heterocycles. The Morgan fingerprint density at radius 1 is 1.19 bits per heavy atom. The second-order valence-corrected chi connectivity index (χ2v) is 6.80. The summed E-state index contributed by atoms with van der Waals surface area (Å²) in [5.41, 5.74) is 1.72. The average Bonchev–Trinajstić information content (AvgIpc) is 3.15. The molecule has 144 valence electrons. The predicted molar refractivity (Wildman–Crippen MR) is 97.9 cm³/mol. The van der Waals surface area contributed by atoms with Crippen LogP contribution in [0.4, 0.5) is 0 Å². The van der Waals surface area contributed by atoms with Crippen LogP contribution in [0, 0.1) is 0 Å². The number of carbonyl (C=O) groups is 2. The number of para-hydroxylation sites is 1. The molecule has 1 atom stereocenters. The van der Waals surface area contributed by atoms with E-state index in [9.17, 15) is 9.59 Å². The van der Waals surface area contributed by atoms with Gasteiger partial charge in [-0.05, 0) is 12.1 Å². The quantitative estimate of drug-likeness (QED) is 0.777. The molecule has 0 aliphatic carbocycles. The van der Waals surface area contributed by atoms with Crippen LogP contribution in [-0.4, -0.2) is 88.6 Å². The summed E-state index contributed by atoms with van der Waals surface area (Å²) < 4.78 is 7.07. The first-order valence-corrected chi connectivity index (χ1v) is 9.39. The summed E-state index contributed by atoms with van der Waals surface area (Å²) in [4.78, 5) is 29.3. The van der Waals surface area contributed by atoms with E-state index in [0.29, 0.717) is 58.9 Å². The molecule has 2 amide bonds. The van der Waals surface area contributed by atoms with Crippen molar-refractivity contribution in [2.24, 2.45) is 0 Å². The molecular weight excluding hydrogens is 348 g/mol. The number of aryl methyl sites for hydroxylation is 1. The van der Waals surface area contributed by atoms with Gasteiger partial charge >= 0.3 is 0 Å². The third-order valence-corrected chi connectivity index (χ3v) is 5.13. The van der Waals surface area contributed by atoms with Crippen molar-refractivity contribution in [1.29, 1.82) is 0 Å². The minimum absolute atomic E-state index is 0.00468. The van der Waals surface area contributed by atoms with Gasteiger partial charge in [-0.3, -0.25) is 9.59 Å². The number of morpholine rings is 1. The topological polar surface area (TPSA) is 92.6 Å². The SMILES string of the molecule is O=C([C@@H]1CNCCN1C(=O)CCn1nnc2ccccc21)N1CCOCC1. The van der Waals surface area contributed by atoms with Gasteiger partial charge in [-0.1, -0.05) is 17.3 Å². The molecule has 9 heteroatoms. The summed E-state index contributed by atoms with van der Waals surface area (Å²) in [7, 11) is 0. The summed E-state index contributed by atoms with van der Waals surface area (Å²) >= 11 is 0. The van der Waals surface area contributed by atoms with E-state index >= 15 is 0 Å². The van der Waals surface area contributed by atoms with Crippen molar-refractivity contribution in [3.63, 3.8) is 0 Å². The van der Waals surface area contributed by atoms with Crippen LogP contribution < -0.4 is 5.32 Å². The molecule has 27 heavy (non-hydrogen) atoms. The van der Waals surface area contributed by atoms with Crippen molar-refractivity contribution < 1.29 is 14.3 Å². The lowest BCUT2D eigenvalue weighted by Gasteiger charge is -2.39. The second kappa shape index (κ2) is 8.01. The highest BCUT2D eigenvalue weighted by Crippen LogP contribution is 2.13. The number of nitrogens with zero attached hydrogens (tertiary/aromatic N) is 5. The third kappa shape index (κ3) is 3.79. The number of benzene rings is 1. The van der Waals surface area contributed by atoms with Gasteiger partial charge in [0.05, 0.1) is 25.3 Å². The van der Waals surface area contributed by atoms with Gasteiger partial charge in [0.15, 0.2) is 0 Å². The third-order valence-electron chi connectivity index (χ3n) is 5.13. The highest BCUT2D eigenvalue weighted by Gasteiger charge is 2.35. The lowest BCUT2D eigenvalue weighted by molar-refractivity contribution is -0.149. The van der Waals surface area contributed by atoms with Crippen LogP contribution in [0.2, 0.25) is 0 Å². The Morgan fingerprint density at radius 2 is 2.00 bits per heavy atom. The van der Waals surface area contributed by atoms with Gasteiger partial charge in [0.2, 0.25) is 11.8 Å². The summed E-state index contributed by atoms with van der Waals surface area (Å²) in [6.07, 6.45) is 0.292. The second-order valence-electron chi connectivity index (χ2n) is 6.80. The largest absolute Gasteiger partial charge is 0.378 e. The van der Waals surface area contributed by atoms with Gasteiger partial charge in [-0.15, -0.1) is 5.10 Å². The summed E-state index contributed by atoms with van der Waals surface area (Å²) in [5, 5.41) is 11.5. The van der Waals surface area contributed by atoms with Crippen LogP contribution in [0.25, 0.3) is 11.0 Å². The lowest BCUT2D eigenvalue weighted by atomic mass is 10.1. The Labute approximate surface area is 157 Å². The first-order chi connectivity index (χ1) is 13.2. The Kier molecular flexibility index (Phi) is 5.30. The van der Waals surface area contributed by atoms with Crippen LogP contribution in [0.15, 0.2) is 24.3 Å². The maximum atomic E-state index is 12.9. The molecule has 2 aliphatic rings. The minimum Gasteiger partial charge on any atom is -0.378 e. The van der Waals surface area contributed by atoms with Crippen molar-refractivity contribution in [3.8, 4) is 0 Å². The molecule has 0 saturated carbocycles. The molecule has 1 N–H and O–H groups in total. The molecule has 0 bridgehead atoms. The number of fused-ring (bicyclic) bond motifs is 1. The van der Waals surface area contributed by atoms with Gasteiger partial charge in [0.1, 0.15) is 11.6 Å². The maximum absolute atomic E-state index is 12.9. The summed E-state index contributed by atoms with van der Waals surface area (Å²) in [6, 6.07) is 7.23. The Morgan fingerprint density at radius 3 is 2.85 bits per heavy atom. The van der Waals surface area contributed by atoms with E-state index in [2.05, 4.69) is 15.6 Å². The fourth-order valence-corrected chi connectivity index (χ4v) is 3.65. The van der Waals surface area contributed by atoms with Crippen molar-refractivity contribution in [1.82, 2.24) is 30.1 Å². The maximum Gasteiger partial charge on any atom is 0.246 e. The highest BCUT2D eigenvalue weighted by atomic mass is 16.5. The predicted octanol–water partition coefficient (Wildman–Crippen LogP) is -0.519. The molecule has 0 spiro atoms. The highest BCUT2D eigenvalue weighted by molar-refractivity contribution is 5.88. The Hall–Kier alpha value is -2.52. The molecule has 2 fully saturated rings. The number of hydrogen-bond donors (Lipinski definition) is 1. The van der Waals surface area contributed by atoms with Gasteiger partial charge in [0, 0.05) is 39.1 Å². The molecule has 1 aromatic carbocycles. The fourth-order valence-electron chi connectivity index (χ4n) is 3.65. The molecule has 0 radical (unpaired) electrons. The van der Waals surface area contributed by atoms with Crippen LogP contribution in [0.3, 0.4) is 0 Å². The number of nitrogens with one attached hydrogen (secondary N) is 1. The smallest absolute Gasteiger partial charge is 0.246 e. The fraction of sp³-hybridized carbons (Fsp3) is 0.556. The molecule has 2 aliphatic heterocycles. The number of rotatable bonds is 4. The van der Waals surface area contributed by atoms with Crippen LogP contribution >= 0.6 is 0 Å². The van der Waals surface area contributed by atoms with E-state index in [0.717, 1.165) is 11.0 Å². The van der Waals surface area contributed by atoms with E-state index < -0.39 is 6.04 Å². The van der Waals surface area contributed by atoms with E-state index in [4.69, 9.17) is 4.74 Å². The molecule has 9 nitrogen and oxygen atoms in total. The zero-order chi connectivity index (χ0) is 18.6. The lowest BCUT2D eigenvalue weighted by Crippen LogP contribution is -2.61. The van der Waals surface area contributed by atoms with Gasteiger partial charge in [-0.2, -0.15) is 0 Å². The van der Waals surface area contributed by atoms with E-state index in [1.165, 1.54) is 0 Å². The van der Waals surface area contributed by atoms with Crippen molar-refractivity contribution >= 4 is 22.8 Å². The number of piperazine rings is 1. The molecule has 2 aromatic rings. The standard InChI is InChI=1S/C18H24N6O3/c25-17(5-7-24-15-4-2-1-3-14(15)20-21-24)23-8-6-19-13-16(23)18(26)22-9-11-27-12-10-22/h1-4,16,19H,5-13H2/t16-/m0/s1. The van der Waals surface area contributed by atoms with Crippen LogP contribution in [-0.2, 0) is 20.9 Å². The van der Waals surface area contributed by atoms with E-state index in [1.807, 2.05) is 24.3 Å². The molecule has 3 heterocycles.